The Labute approximate surface area is 160 Å². The van der Waals surface area contributed by atoms with E-state index in [1.807, 2.05) is 26.0 Å². The normalized spacial score (nSPS) is 24.3. The third-order valence-electron chi connectivity index (χ3n) is 5.97. The summed E-state index contributed by atoms with van der Waals surface area (Å²) in [6.45, 7) is 3.29. The lowest BCUT2D eigenvalue weighted by atomic mass is 9.84. The van der Waals surface area contributed by atoms with E-state index in [9.17, 15) is 14.4 Å². The topological polar surface area (TPSA) is 84.5 Å². The smallest absolute Gasteiger partial charge is 0.325 e. The Kier molecular flexibility index (Phi) is 6.14. The maximum Gasteiger partial charge on any atom is 0.325 e. The van der Waals surface area contributed by atoms with Gasteiger partial charge in [0.05, 0.1) is 0 Å². The number of amides is 2. The van der Waals surface area contributed by atoms with E-state index in [0.29, 0.717) is 11.5 Å². The van der Waals surface area contributed by atoms with Crippen molar-refractivity contribution < 1.29 is 19.1 Å². The molecule has 6 nitrogen and oxygen atoms in total. The van der Waals surface area contributed by atoms with E-state index in [1.54, 1.807) is 12.1 Å². The highest BCUT2D eigenvalue weighted by Crippen LogP contribution is 2.49. The quantitative estimate of drug-likeness (QED) is 0.719. The Morgan fingerprint density at radius 1 is 1.19 bits per heavy atom. The Balaban J connectivity index is 1.35. The van der Waals surface area contributed by atoms with Crippen molar-refractivity contribution in [2.45, 2.75) is 45.6 Å². The molecule has 3 rings (SSSR count). The van der Waals surface area contributed by atoms with Crippen LogP contribution in [0.4, 0.5) is 0 Å². The van der Waals surface area contributed by atoms with Gasteiger partial charge in [0, 0.05) is 11.6 Å². The summed E-state index contributed by atoms with van der Waals surface area (Å²) in [6, 6.07) is 7.24. The first-order valence-corrected chi connectivity index (χ1v) is 9.73. The fourth-order valence-electron chi connectivity index (χ4n) is 4.58. The molecule has 0 saturated heterocycles. The molecule has 0 aliphatic heterocycles. The molecule has 0 heterocycles. The summed E-state index contributed by atoms with van der Waals surface area (Å²) in [5, 5.41) is 5.48. The number of carbonyl (C=O) groups is 3. The molecular formula is C21H28N2O4. The molecule has 146 valence electrons. The van der Waals surface area contributed by atoms with Gasteiger partial charge in [-0.3, -0.25) is 14.4 Å². The highest BCUT2D eigenvalue weighted by Gasteiger charge is 2.42. The van der Waals surface area contributed by atoms with Crippen molar-refractivity contribution in [3.8, 4) is 0 Å². The van der Waals surface area contributed by atoms with E-state index < -0.39 is 5.97 Å². The molecule has 0 spiro atoms. The van der Waals surface area contributed by atoms with Gasteiger partial charge >= 0.3 is 5.97 Å². The highest BCUT2D eigenvalue weighted by atomic mass is 16.5. The number of ether oxygens (including phenoxy) is 1. The third kappa shape index (κ3) is 4.87. The van der Waals surface area contributed by atoms with Crippen LogP contribution in [0.15, 0.2) is 24.3 Å². The maximum atomic E-state index is 12.1. The van der Waals surface area contributed by atoms with Crippen LogP contribution in [0.3, 0.4) is 0 Å². The molecule has 27 heavy (non-hydrogen) atoms. The number of carbonyl (C=O) groups excluding carboxylic acids is 3. The fraction of sp³-hybridized carbons (Fsp3) is 0.571. The van der Waals surface area contributed by atoms with Gasteiger partial charge in [0.25, 0.3) is 11.8 Å². The second-order valence-corrected chi connectivity index (χ2v) is 7.85. The molecule has 2 bridgehead atoms. The molecule has 2 aliphatic carbocycles. The number of fused-ring (bicyclic) bond motifs is 2. The molecule has 0 unspecified atom stereocenters. The first-order valence-electron chi connectivity index (χ1n) is 9.73. The summed E-state index contributed by atoms with van der Waals surface area (Å²) in [7, 11) is 0. The molecule has 0 aromatic heterocycles. The van der Waals surface area contributed by atoms with Crippen molar-refractivity contribution in [1.29, 1.82) is 0 Å². The van der Waals surface area contributed by atoms with Crippen LogP contribution in [0.2, 0.25) is 0 Å². The molecule has 2 amide bonds. The first-order chi connectivity index (χ1) is 12.9. The van der Waals surface area contributed by atoms with E-state index in [-0.39, 0.29) is 31.0 Å². The fourth-order valence-corrected chi connectivity index (χ4v) is 4.58. The van der Waals surface area contributed by atoms with E-state index in [0.717, 1.165) is 17.4 Å². The van der Waals surface area contributed by atoms with E-state index in [2.05, 4.69) is 10.6 Å². The number of aryl methyl sites for hydroxylation is 1. The standard InChI is InChI=1S/C21H28N2O4/c1-13-5-3-4-6-17(13)21(26)22-11-20(25)27-12-19(24)23-14(2)18-10-15-7-8-16(18)9-15/h3-6,14-16,18H,7-12H2,1-2H3,(H,22,26)(H,23,24)/t14-,15-,16-,18-/m1/s1. The van der Waals surface area contributed by atoms with Gasteiger partial charge in [0.1, 0.15) is 6.54 Å². The second-order valence-electron chi connectivity index (χ2n) is 7.85. The Morgan fingerprint density at radius 3 is 2.63 bits per heavy atom. The van der Waals surface area contributed by atoms with E-state index in [1.165, 1.54) is 25.7 Å². The monoisotopic (exact) mass is 372 g/mol. The van der Waals surface area contributed by atoms with Crippen molar-refractivity contribution in [1.82, 2.24) is 10.6 Å². The maximum absolute atomic E-state index is 12.1. The summed E-state index contributed by atoms with van der Waals surface area (Å²) in [6.07, 6.45) is 5.08. The van der Waals surface area contributed by atoms with Crippen LogP contribution in [0, 0.1) is 24.7 Å². The van der Waals surface area contributed by atoms with Crippen LogP contribution in [0.5, 0.6) is 0 Å². The molecule has 1 aromatic rings. The SMILES string of the molecule is Cc1ccccc1C(=O)NCC(=O)OCC(=O)N[C@H](C)[C@H]1C[C@@H]2CC[C@@H]1C2. The molecule has 2 aliphatic rings. The highest BCUT2D eigenvalue weighted by molar-refractivity contribution is 5.97. The number of hydrogen-bond acceptors (Lipinski definition) is 4. The predicted octanol–water partition coefficient (Wildman–Crippen LogP) is 2.21. The van der Waals surface area contributed by atoms with E-state index in [4.69, 9.17) is 4.74 Å². The zero-order valence-corrected chi connectivity index (χ0v) is 16.0. The van der Waals surface area contributed by atoms with Gasteiger partial charge in [-0.15, -0.1) is 0 Å². The number of rotatable bonds is 7. The average molecular weight is 372 g/mol. The second kappa shape index (κ2) is 8.55. The van der Waals surface area contributed by atoms with Gasteiger partial charge in [-0.1, -0.05) is 24.6 Å². The Morgan fingerprint density at radius 2 is 1.96 bits per heavy atom. The summed E-state index contributed by atoms with van der Waals surface area (Å²) >= 11 is 0. The summed E-state index contributed by atoms with van der Waals surface area (Å²) in [4.78, 5) is 35.9. The van der Waals surface area contributed by atoms with E-state index >= 15 is 0 Å². The summed E-state index contributed by atoms with van der Waals surface area (Å²) < 4.78 is 4.98. The molecule has 6 heteroatoms. The van der Waals surface area contributed by atoms with Gasteiger partial charge in [0.15, 0.2) is 6.61 Å². The zero-order valence-electron chi connectivity index (χ0n) is 16.0. The minimum Gasteiger partial charge on any atom is -0.454 e. The van der Waals surface area contributed by atoms with Crippen molar-refractivity contribution >= 4 is 17.8 Å². The average Bonchev–Trinajstić information content (AvgIpc) is 3.28. The molecule has 2 N–H and O–H groups in total. The third-order valence-corrected chi connectivity index (χ3v) is 5.97. The van der Waals surface area contributed by atoms with Gasteiger partial charge in [0.2, 0.25) is 0 Å². The number of benzene rings is 1. The van der Waals surface area contributed by atoms with Crippen LogP contribution in [0.25, 0.3) is 0 Å². The van der Waals surface area contributed by atoms with Crippen LogP contribution in [-0.4, -0.2) is 37.0 Å². The summed E-state index contributed by atoms with van der Waals surface area (Å²) in [5.74, 6) is 0.846. The number of esters is 1. The van der Waals surface area contributed by atoms with Crippen LogP contribution >= 0.6 is 0 Å². The van der Waals surface area contributed by atoms with Crippen molar-refractivity contribution in [2.75, 3.05) is 13.2 Å². The van der Waals surface area contributed by atoms with Crippen LogP contribution in [-0.2, 0) is 14.3 Å². The summed E-state index contributed by atoms with van der Waals surface area (Å²) in [5.41, 5.74) is 1.35. The molecule has 2 saturated carbocycles. The molecule has 2 fully saturated rings. The minimum absolute atomic E-state index is 0.104. The lowest BCUT2D eigenvalue weighted by Crippen LogP contribution is -2.42. The molecule has 1 aromatic carbocycles. The van der Waals surface area contributed by atoms with Crippen molar-refractivity contribution in [3.05, 3.63) is 35.4 Å². The zero-order chi connectivity index (χ0) is 19.4. The Hall–Kier alpha value is -2.37. The Bertz CT molecular complexity index is 718. The van der Waals surface area contributed by atoms with Crippen molar-refractivity contribution in [2.24, 2.45) is 17.8 Å². The van der Waals surface area contributed by atoms with Gasteiger partial charge in [-0.25, -0.2) is 0 Å². The lowest BCUT2D eigenvalue weighted by Gasteiger charge is -2.28. The van der Waals surface area contributed by atoms with Gasteiger partial charge < -0.3 is 15.4 Å². The minimum atomic E-state index is -0.625. The first kappa shape index (κ1) is 19.4. The van der Waals surface area contributed by atoms with Crippen LogP contribution in [0.1, 0.15) is 48.5 Å². The number of hydrogen-bond donors (Lipinski definition) is 2. The van der Waals surface area contributed by atoms with Gasteiger partial charge in [-0.05, 0) is 62.5 Å². The molecule has 4 atom stereocenters. The number of nitrogens with one attached hydrogen (secondary N) is 2. The molecule has 0 radical (unpaired) electrons. The van der Waals surface area contributed by atoms with Crippen LogP contribution < -0.4 is 10.6 Å². The largest absolute Gasteiger partial charge is 0.454 e. The van der Waals surface area contributed by atoms with Gasteiger partial charge in [-0.2, -0.15) is 0 Å². The lowest BCUT2D eigenvalue weighted by molar-refractivity contribution is -0.147. The predicted molar refractivity (Wildman–Crippen MR) is 101 cm³/mol. The van der Waals surface area contributed by atoms with Crippen molar-refractivity contribution in [3.63, 3.8) is 0 Å². The molecular weight excluding hydrogens is 344 g/mol.